The molecule has 7 nitrogen and oxygen atoms in total. The highest BCUT2D eigenvalue weighted by Crippen LogP contribution is 2.39. The van der Waals surface area contributed by atoms with Crippen molar-refractivity contribution in [2.75, 3.05) is 14.1 Å². The maximum Gasteiger partial charge on any atom is 0.387 e. The van der Waals surface area contributed by atoms with Crippen molar-refractivity contribution >= 4 is 17.3 Å². The summed E-state index contributed by atoms with van der Waals surface area (Å²) < 4.78 is 33.5. The number of aryl methyl sites for hydroxylation is 1. The number of aldehydes is 1. The number of fused-ring (bicyclic) bond motifs is 2. The van der Waals surface area contributed by atoms with E-state index < -0.39 is 12.2 Å². The molecule has 0 saturated carbocycles. The van der Waals surface area contributed by atoms with E-state index in [2.05, 4.69) is 4.98 Å². The molecular formula is C29H30F2N4O3. The maximum atomic E-state index is 13.4. The van der Waals surface area contributed by atoms with Crippen molar-refractivity contribution in [2.45, 2.75) is 51.4 Å². The van der Waals surface area contributed by atoms with E-state index in [0.29, 0.717) is 41.7 Å². The van der Waals surface area contributed by atoms with Crippen LogP contribution in [-0.4, -0.2) is 51.5 Å². The number of hydrogen-bond acceptors (Lipinski definition) is 6. The number of hydrogen-bond donors (Lipinski definition) is 1. The molecule has 0 radical (unpaired) electrons. The lowest BCUT2D eigenvalue weighted by Gasteiger charge is -2.25. The zero-order chi connectivity index (χ0) is 27.2. The second-order valence-electron chi connectivity index (χ2n) is 10.1. The van der Waals surface area contributed by atoms with Crippen LogP contribution >= 0.6 is 0 Å². The van der Waals surface area contributed by atoms with Crippen LogP contribution in [0.5, 0.6) is 5.75 Å². The van der Waals surface area contributed by atoms with Gasteiger partial charge in [0.15, 0.2) is 12.0 Å². The SMILES string of the molecule is CCC(c1nc2ccc(-c3cnc4c(c3)CCC4(C)O)cc2n1-c1c(C=O)cccc1OC(F)F)N(C)C. The van der Waals surface area contributed by atoms with Gasteiger partial charge < -0.3 is 9.84 Å². The Balaban J connectivity index is 1.77. The number of carbonyl (C=O) groups is 1. The lowest BCUT2D eigenvalue weighted by molar-refractivity contribution is -0.0498. The summed E-state index contributed by atoms with van der Waals surface area (Å²) >= 11 is 0. The zero-order valence-corrected chi connectivity index (χ0v) is 21.8. The molecule has 1 aliphatic rings. The van der Waals surface area contributed by atoms with Gasteiger partial charge in [-0.3, -0.25) is 19.2 Å². The summed E-state index contributed by atoms with van der Waals surface area (Å²) in [6.45, 7) is 0.735. The van der Waals surface area contributed by atoms with Crippen molar-refractivity contribution in [1.29, 1.82) is 0 Å². The standard InChI is InChI=1S/C29H30F2N4O3/c1-5-22(34(3)4)27-33-21-10-9-17(20-13-18-11-12-29(2,37)26(18)32-15-20)14-23(21)35(27)25-19(16-36)7-6-8-24(25)38-28(30)31/h6-10,13-16,22,28,37H,5,11-12H2,1-4H3. The van der Waals surface area contributed by atoms with E-state index in [0.717, 1.165) is 23.1 Å². The molecular weight excluding hydrogens is 490 g/mol. The first kappa shape index (κ1) is 25.9. The number of pyridine rings is 1. The molecule has 5 rings (SSSR count). The van der Waals surface area contributed by atoms with Gasteiger partial charge in [-0.25, -0.2) is 4.98 Å². The van der Waals surface area contributed by atoms with Crippen molar-refractivity contribution in [1.82, 2.24) is 19.4 Å². The lowest BCUT2D eigenvalue weighted by atomic mass is 10.0. The van der Waals surface area contributed by atoms with Gasteiger partial charge in [-0.1, -0.05) is 19.1 Å². The highest BCUT2D eigenvalue weighted by molar-refractivity contribution is 5.89. The van der Waals surface area contributed by atoms with Gasteiger partial charge in [-0.15, -0.1) is 0 Å². The van der Waals surface area contributed by atoms with E-state index in [1.165, 1.54) is 12.1 Å². The summed E-state index contributed by atoms with van der Waals surface area (Å²) in [6.07, 6.45) is 4.43. The number of benzene rings is 2. The molecule has 0 amide bonds. The summed E-state index contributed by atoms with van der Waals surface area (Å²) in [5.41, 5.74) is 4.22. The summed E-state index contributed by atoms with van der Waals surface area (Å²) in [4.78, 5) is 23.6. The summed E-state index contributed by atoms with van der Waals surface area (Å²) in [6, 6.07) is 12.2. The van der Waals surface area contributed by atoms with Crippen LogP contribution in [0.1, 0.15) is 60.2 Å². The Morgan fingerprint density at radius 1 is 1.21 bits per heavy atom. The number of para-hydroxylation sites is 1. The van der Waals surface area contributed by atoms with Crippen LogP contribution in [0, 0.1) is 0 Å². The number of halogens is 2. The zero-order valence-electron chi connectivity index (χ0n) is 21.8. The van der Waals surface area contributed by atoms with E-state index in [-0.39, 0.29) is 23.0 Å². The molecule has 0 saturated heterocycles. The number of nitrogens with zero attached hydrogens (tertiary/aromatic N) is 4. The molecule has 4 aromatic rings. The summed E-state index contributed by atoms with van der Waals surface area (Å²) in [5.74, 6) is 0.506. The Kier molecular flexibility index (Phi) is 6.75. The molecule has 1 N–H and O–H groups in total. The molecule has 2 unspecified atom stereocenters. The first-order chi connectivity index (χ1) is 18.1. The first-order valence-electron chi connectivity index (χ1n) is 12.6. The number of ether oxygens (including phenoxy) is 1. The average molecular weight is 521 g/mol. The minimum Gasteiger partial charge on any atom is -0.433 e. The fraction of sp³-hybridized carbons (Fsp3) is 0.345. The number of aromatic nitrogens is 3. The third-order valence-corrected chi connectivity index (χ3v) is 7.28. The van der Waals surface area contributed by atoms with Crippen LogP contribution in [0.15, 0.2) is 48.7 Å². The summed E-state index contributed by atoms with van der Waals surface area (Å²) in [5, 5.41) is 10.6. The minimum absolute atomic E-state index is 0.106. The predicted molar refractivity (Wildman–Crippen MR) is 141 cm³/mol. The highest BCUT2D eigenvalue weighted by Gasteiger charge is 2.33. The highest BCUT2D eigenvalue weighted by atomic mass is 19.3. The van der Waals surface area contributed by atoms with Crippen LogP contribution in [-0.2, 0) is 12.0 Å². The second-order valence-corrected chi connectivity index (χ2v) is 10.1. The number of imidazole rings is 1. The van der Waals surface area contributed by atoms with Gasteiger partial charge in [0.1, 0.15) is 17.1 Å². The molecule has 9 heteroatoms. The van der Waals surface area contributed by atoms with Gasteiger partial charge in [0.05, 0.1) is 22.8 Å². The van der Waals surface area contributed by atoms with Crippen LogP contribution in [0.25, 0.3) is 27.8 Å². The van der Waals surface area contributed by atoms with Gasteiger partial charge in [-0.05, 0) is 81.7 Å². The van der Waals surface area contributed by atoms with Gasteiger partial charge in [-0.2, -0.15) is 8.78 Å². The minimum atomic E-state index is -3.06. The normalized spacial score (nSPS) is 17.8. The van der Waals surface area contributed by atoms with Crippen LogP contribution in [0.3, 0.4) is 0 Å². The topological polar surface area (TPSA) is 80.5 Å². The van der Waals surface area contributed by atoms with Gasteiger partial charge in [0.25, 0.3) is 0 Å². The molecule has 2 atom stereocenters. The second kappa shape index (κ2) is 9.89. The molecule has 0 fully saturated rings. The Labute approximate surface area is 219 Å². The maximum absolute atomic E-state index is 13.4. The third kappa shape index (κ3) is 4.46. The molecule has 198 valence electrons. The molecule has 2 aromatic carbocycles. The number of rotatable bonds is 8. The fourth-order valence-electron chi connectivity index (χ4n) is 5.42. The van der Waals surface area contributed by atoms with E-state index in [1.807, 2.05) is 50.2 Å². The molecule has 1 aliphatic carbocycles. The van der Waals surface area contributed by atoms with Crippen molar-refractivity contribution in [3.8, 4) is 22.6 Å². The molecule has 2 aromatic heterocycles. The van der Waals surface area contributed by atoms with Crippen LogP contribution < -0.4 is 4.74 Å². The van der Waals surface area contributed by atoms with E-state index in [9.17, 15) is 18.7 Å². The molecule has 0 spiro atoms. The monoisotopic (exact) mass is 520 g/mol. The summed E-state index contributed by atoms with van der Waals surface area (Å²) in [7, 11) is 3.85. The van der Waals surface area contributed by atoms with Crippen LogP contribution in [0.4, 0.5) is 8.78 Å². The Morgan fingerprint density at radius 2 is 2.00 bits per heavy atom. The van der Waals surface area contributed by atoms with Crippen LogP contribution in [0.2, 0.25) is 0 Å². The Morgan fingerprint density at radius 3 is 2.68 bits per heavy atom. The molecule has 0 bridgehead atoms. The Bertz CT molecular complexity index is 1510. The lowest BCUT2D eigenvalue weighted by Crippen LogP contribution is -2.23. The van der Waals surface area contributed by atoms with Crippen molar-refractivity contribution < 1.29 is 23.4 Å². The quantitative estimate of drug-likeness (QED) is 0.302. The molecule has 38 heavy (non-hydrogen) atoms. The van der Waals surface area contributed by atoms with Crippen molar-refractivity contribution in [2.24, 2.45) is 0 Å². The largest absolute Gasteiger partial charge is 0.433 e. The molecule has 0 aliphatic heterocycles. The first-order valence-corrected chi connectivity index (χ1v) is 12.6. The number of aliphatic hydroxyl groups is 1. The van der Waals surface area contributed by atoms with Gasteiger partial charge in [0.2, 0.25) is 0 Å². The smallest absolute Gasteiger partial charge is 0.387 e. The third-order valence-electron chi connectivity index (χ3n) is 7.28. The van der Waals surface area contributed by atoms with Crippen molar-refractivity contribution in [3.05, 3.63) is 71.3 Å². The van der Waals surface area contributed by atoms with Gasteiger partial charge >= 0.3 is 6.61 Å². The van der Waals surface area contributed by atoms with E-state index in [1.54, 1.807) is 23.8 Å². The average Bonchev–Trinajstić information content (AvgIpc) is 3.39. The Hall–Kier alpha value is -3.69. The van der Waals surface area contributed by atoms with E-state index in [4.69, 9.17) is 9.72 Å². The van der Waals surface area contributed by atoms with E-state index >= 15 is 0 Å². The predicted octanol–water partition coefficient (Wildman–Crippen LogP) is 5.67. The van der Waals surface area contributed by atoms with Gasteiger partial charge in [0, 0.05) is 17.3 Å². The number of carbonyl (C=O) groups excluding carboxylic acids is 1. The van der Waals surface area contributed by atoms with Crippen molar-refractivity contribution in [3.63, 3.8) is 0 Å². The molecule has 2 heterocycles. The fourth-order valence-corrected chi connectivity index (χ4v) is 5.42. The number of alkyl halides is 2.